The third-order valence-electron chi connectivity index (χ3n) is 5.29. The highest BCUT2D eigenvalue weighted by Gasteiger charge is 2.59. The molecule has 1 aliphatic heterocycles. The first-order chi connectivity index (χ1) is 13.2. The number of nitrogens with zero attached hydrogens (tertiary/aromatic N) is 3. The van der Waals surface area contributed by atoms with Gasteiger partial charge in [-0.05, 0) is 51.9 Å². The molecule has 1 aliphatic carbocycles. The van der Waals surface area contributed by atoms with Gasteiger partial charge >= 0.3 is 0 Å². The van der Waals surface area contributed by atoms with E-state index in [1.165, 1.54) is 15.7 Å². The van der Waals surface area contributed by atoms with Crippen LogP contribution in [0.5, 0.6) is 0 Å². The van der Waals surface area contributed by atoms with Crippen LogP contribution in [0.2, 0.25) is 0 Å². The molecule has 0 bridgehead atoms. The van der Waals surface area contributed by atoms with Crippen LogP contribution in [0.3, 0.4) is 0 Å². The first-order valence-electron chi connectivity index (χ1n) is 8.65. The van der Waals surface area contributed by atoms with Crippen LogP contribution >= 0.6 is 11.0 Å². The zero-order valence-electron chi connectivity index (χ0n) is 15.0. The zero-order chi connectivity index (χ0) is 20.3. The standard InChI is InChI=1S/C19H19F2N3O3S/c1-23-18-7-13(16-6-12(11-25)2-3-14(16)9-22)4-5-17(18)24(28(23,26)27)10-15-8-19(15,20)21/h2-7,15,25-27H,8,10-11H2,1H3. The quantitative estimate of drug-likeness (QED) is 0.703. The lowest BCUT2D eigenvalue weighted by Gasteiger charge is -2.42. The summed E-state index contributed by atoms with van der Waals surface area (Å²) in [5, 5.41) is 18.8. The zero-order valence-corrected chi connectivity index (χ0v) is 15.8. The molecule has 2 aromatic carbocycles. The van der Waals surface area contributed by atoms with E-state index in [9.17, 15) is 28.3 Å². The van der Waals surface area contributed by atoms with Gasteiger partial charge in [-0.15, -0.1) is 0 Å². The van der Waals surface area contributed by atoms with Crippen LogP contribution in [0, 0.1) is 17.2 Å². The third-order valence-corrected chi connectivity index (χ3v) is 7.16. The molecule has 1 saturated carbocycles. The first-order valence-corrected chi connectivity index (χ1v) is 10.1. The van der Waals surface area contributed by atoms with Crippen molar-refractivity contribution in [2.24, 2.45) is 5.92 Å². The number of benzene rings is 2. The molecule has 1 atom stereocenters. The van der Waals surface area contributed by atoms with Gasteiger partial charge in [0.1, 0.15) is 0 Å². The molecule has 2 aliphatic rings. The molecule has 1 fully saturated rings. The largest absolute Gasteiger partial charge is 0.392 e. The molecule has 1 unspecified atom stereocenters. The predicted octanol–water partition coefficient (Wildman–Crippen LogP) is 4.21. The molecule has 28 heavy (non-hydrogen) atoms. The highest BCUT2D eigenvalue weighted by Crippen LogP contribution is 2.63. The van der Waals surface area contributed by atoms with Crippen LogP contribution in [0.25, 0.3) is 11.1 Å². The second-order valence-electron chi connectivity index (χ2n) is 7.06. The van der Waals surface area contributed by atoms with E-state index < -0.39 is 22.8 Å². The van der Waals surface area contributed by atoms with Crippen molar-refractivity contribution in [3.8, 4) is 17.2 Å². The number of halogens is 2. The number of hydrogen-bond acceptors (Lipinski definition) is 6. The Morgan fingerprint density at radius 1 is 1.21 bits per heavy atom. The van der Waals surface area contributed by atoms with Crippen molar-refractivity contribution < 1.29 is 23.0 Å². The fourth-order valence-electron chi connectivity index (χ4n) is 3.46. The van der Waals surface area contributed by atoms with Gasteiger partial charge in [-0.3, -0.25) is 17.7 Å². The van der Waals surface area contributed by atoms with E-state index in [0.29, 0.717) is 33.6 Å². The lowest BCUT2D eigenvalue weighted by molar-refractivity contribution is 0.101. The summed E-state index contributed by atoms with van der Waals surface area (Å²) in [6.45, 7) is -0.317. The van der Waals surface area contributed by atoms with E-state index in [0.717, 1.165) is 0 Å². The number of fused-ring (bicyclic) bond motifs is 1. The molecule has 0 spiro atoms. The number of aliphatic hydroxyl groups is 1. The SMILES string of the molecule is CN1c2cc(-c3cc(CO)ccc3C#N)ccc2N(CC2CC2(F)F)S1(O)O. The van der Waals surface area contributed by atoms with Crippen molar-refractivity contribution in [1.29, 1.82) is 5.26 Å². The summed E-state index contributed by atoms with van der Waals surface area (Å²) in [5.74, 6) is -3.66. The molecule has 0 aromatic heterocycles. The van der Waals surface area contributed by atoms with Gasteiger partial charge in [-0.1, -0.05) is 12.1 Å². The van der Waals surface area contributed by atoms with Gasteiger partial charge in [0.25, 0.3) is 5.92 Å². The van der Waals surface area contributed by atoms with E-state index in [4.69, 9.17) is 0 Å². The van der Waals surface area contributed by atoms with E-state index in [2.05, 4.69) is 6.07 Å². The highest BCUT2D eigenvalue weighted by atomic mass is 32.3. The Hall–Kier alpha value is -2.38. The van der Waals surface area contributed by atoms with Gasteiger partial charge in [0.15, 0.2) is 0 Å². The summed E-state index contributed by atoms with van der Waals surface area (Å²) in [5.41, 5.74) is 3.27. The predicted molar refractivity (Wildman–Crippen MR) is 104 cm³/mol. The second-order valence-corrected chi connectivity index (χ2v) is 9.03. The molecule has 9 heteroatoms. The maximum absolute atomic E-state index is 13.4. The minimum Gasteiger partial charge on any atom is -0.392 e. The van der Waals surface area contributed by atoms with Crippen LogP contribution in [-0.2, 0) is 6.61 Å². The van der Waals surface area contributed by atoms with E-state index in [-0.39, 0.29) is 19.6 Å². The molecule has 4 rings (SSSR count). The molecule has 148 valence electrons. The maximum Gasteiger partial charge on any atom is 0.253 e. The number of nitriles is 1. The Morgan fingerprint density at radius 2 is 1.93 bits per heavy atom. The average molecular weight is 407 g/mol. The normalized spacial score (nSPS) is 22.5. The molecule has 0 saturated heterocycles. The van der Waals surface area contributed by atoms with Crippen LogP contribution in [0.15, 0.2) is 36.4 Å². The molecule has 2 aromatic rings. The van der Waals surface area contributed by atoms with Crippen molar-refractivity contribution in [3.63, 3.8) is 0 Å². The van der Waals surface area contributed by atoms with Crippen molar-refractivity contribution in [2.75, 3.05) is 22.2 Å². The Balaban J connectivity index is 1.76. The summed E-state index contributed by atoms with van der Waals surface area (Å²) < 4.78 is 50.5. The molecule has 0 amide bonds. The number of anilines is 2. The summed E-state index contributed by atoms with van der Waals surface area (Å²) >= 11 is 0. The summed E-state index contributed by atoms with van der Waals surface area (Å²) in [4.78, 5) is 0. The Bertz CT molecular complexity index is 993. The van der Waals surface area contributed by atoms with Gasteiger partial charge in [-0.25, -0.2) is 8.78 Å². The minimum atomic E-state index is -3.43. The lowest BCUT2D eigenvalue weighted by Crippen LogP contribution is -2.33. The van der Waals surface area contributed by atoms with Crippen molar-refractivity contribution in [2.45, 2.75) is 19.0 Å². The minimum absolute atomic E-state index is 0.143. The Labute approximate surface area is 162 Å². The molecule has 6 nitrogen and oxygen atoms in total. The Morgan fingerprint density at radius 3 is 2.54 bits per heavy atom. The lowest BCUT2D eigenvalue weighted by atomic mass is 9.97. The van der Waals surface area contributed by atoms with Gasteiger partial charge in [0.2, 0.25) is 0 Å². The molecule has 3 N–H and O–H groups in total. The van der Waals surface area contributed by atoms with E-state index in [1.54, 1.807) is 36.4 Å². The molecular formula is C19H19F2N3O3S. The van der Waals surface area contributed by atoms with Crippen LogP contribution in [-0.4, -0.2) is 33.7 Å². The van der Waals surface area contributed by atoms with Gasteiger partial charge < -0.3 is 5.11 Å². The fourth-order valence-corrected chi connectivity index (χ4v) is 4.96. The summed E-state index contributed by atoms with van der Waals surface area (Å²) in [6.07, 6.45) is -0.254. The van der Waals surface area contributed by atoms with E-state index in [1.807, 2.05) is 0 Å². The molecule has 1 heterocycles. The Kier molecular flexibility index (Phi) is 4.28. The van der Waals surface area contributed by atoms with Crippen molar-refractivity contribution in [1.82, 2.24) is 0 Å². The van der Waals surface area contributed by atoms with Crippen molar-refractivity contribution >= 4 is 22.3 Å². The number of hydrogen-bond donors (Lipinski definition) is 3. The van der Waals surface area contributed by atoms with Crippen LogP contribution < -0.4 is 8.61 Å². The summed E-state index contributed by atoms with van der Waals surface area (Å²) in [7, 11) is -1.93. The van der Waals surface area contributed by atoms with Gasteiger partial charge in [-0.2, -0.15) is 5.26 Å². The number of rotatable bonds is 4. The number of alkyl halides is 2. The molecular weight excluding hydrogens is 388 g/mol. The van der Waals surface area contributed by atoms with Crippen LogP contribution in [0.4, 0.5) is 20.2 Å². The van der Waals surface area contributed by atoms with Gasteiger partial charge in [0, 0.05) is 25.9 Å². The monoisotopic (exact) mass is 407 g/mol. The summed E-state index contributed by atoms with van der Waals surface area (Å²) in [6, 6.07) is 12.2. The van der Waals surface area contributed by atoms with Crippen LogP contribution in [0.1, 0.15) is 17.5 Å². The third kappa shape index (κ3) is 2.89. The highest BCUT2D eigenvalue weighted by molar-refractivity contribution is 8.26. The first kappa shape index (κ1) is 19.0. The topological polar surface area (TPSA) is 91.0 Å². The maximum atomic E-state index is 13.4. The van der Waals surface area contributed by atoms with Gasteiger partial charge in [0.05, 0.1) is 29.6 Å². The smallest absolute Gasteiger partial charge is 0.253 e. The second kappa shape index (κ2) is 6.32. The average Bonchev–Trinajstić information content (AvgIpc) is 3.24. The van der Waals surface area contributed by atoms with E-state index >= 15 is 0 Å². The number of aliphatic hydroxyl groups excluding tert-OH is 1. The fraction of sp³-hybridized carbons (Fsp3) is 0.316. The van der Waals surface area contributed by atoms with Crippen molar-refractivity contribution in [3.05, 3.63) is 47.5 Å². The molecule has 0 radical (unpaired) electrons.